The van der Waals surface area contributed by atoms with E-state index in [2.05, 4.69) is 5.32 Å². The monoisotopic (exact) mass is 439 g/mol. The molecule has 1 aliphatic rings. The minimum atomic E-state index is -3.69. The fraction of sp³-hybridized carbons (Fsp3) is 0.368. The van der Waals surface area contributed by atoms with E-state index in [1.54, 1.807) is 14.1 Å². The van der Waals surface area contributed by atoms with Crippen molar-refractivity contribution in [3.8, 4) is 0 Å². The highest BCUT2D eigenvalue weighted by atomic mass is 35.5. The summed E-state index contributed by atoms with van der Waals surface area (Å²) in [6, 6.07) is 5.74. The molecule has 1 aliphatic heterocycles. The number of carbonyl (C=O) groups excluding carboxylic acids is 2. The third-order valence-corrected chi connectivity index (χ3v) is 6.96. The third kappa shape index (κ3) is 4.31. The Morgan fingerprint density at radius 1 is 1.17 bits per heavy atom. The van der Waals surface area contributed by atoms with Gasteiger partial charge in [-0.25, -0.2) is 8.42 Å². The summed E-state index contributed by atoms with van der Waals surface area (Å²) in [7, 11) is -0.464. The lowest BCUT2D eigenvalue weighted by molar-refractivity contribution is 0.0827. The maximum atomic E-state index is 12.7. The van der Waals surface area contributed by atoms with E-state index in [0.29, 0.717) is 24.3 Å². The molecule has 1 saturated heterocycles. The Morgan fingerprint density at radius 2 is 1.83 bits per heavy atom. The lowest BCUT2D eigenvalue weighted by Gasteiger charge is -2.14. The molecule has 0 aliphatic carbocycles. The Labute approximate surface area is 174 Å². The number of furan rings is 1. The predicted molar refractivity (Wildman–Crippen MR) is 109 cm³/mol. The highest BCUT2D eigenvalue weighted by molar-refractivity contribution is 7.89. The van der Waals surface area contributed by atoms with Crippen LogP contribution < -0.4 is 5.32 Å². The number of sulfonamides is 1. The number of rotatable bonds is 5. The molecule has 0 spiro atoms. The molecule has 1 aromatic carbocycles. The van der Waals surface area contributed by atoms with E-state index in [-0.39, 0.29) is 27.3 Å². The van der Waals surface area contributed by atoms with E-state index >= 15 is 0 Å². The Balaban J connectivity index is 1.80. The van der Waals surface area contributed by atoms with Crippen LogP contribution in [0.15, 0.2) is 33.6 Å². The first kappa shape index (κ1) is 21.4. The van der Waals surface area contributed by atoms with Crippen LogP contribution in [0.3, 0.4) is 0 Å². The fourth-order valence-corrected chi connectivity index (χ4v) is 5.04. The first-order valence-electron chi connectivity index (χ1n) is 9.04. The predicted octanol–water partition coefficient (Wildman–Crippen LogP) is 2.98. The number of hydrogen-bond donors (Lipinski definition) is 1. The summed E-state index contributed by atoms with van der Waals surface area (Å²) in [5.41, 5.74) is 0.663. The van der Waals surface area contributed by atoms with Gasteiger partial charge < -0.3 is 14.6 Å². The van der Waals surface area contributed by atoms with Gasteiger partial charge in [0, 0.05) is 38.9 Å². The number of anilines is 1. The molecule has 1 fully saturated rings. The van der Waals surface area contributed by atoms with Crippen LogP contribution in [-0.2, 0) is 10.0 Å². The van der Waals surface area contributed by atoms with Crippen molar-refractivity contribution in [3.05, 3.63) is 46.4 Å². The van der Waals surface area contributed by atoms with E-state index in [1.807, 2.05) is 0 Å². The Hall–Kier alpha value is -2.36. The first-order valence-corrected chi connectivity index (χ1v) is 10.9. The Bertz CT molecular complexity index is 1060. The molecule has 156 valence electrons. The van der Waals surface area contributed by atoms with Gasteiger partial charge in [-0.05, 0) is 38.0 Å². The van der Waals surface area contributed by atoms with Gasteiger partial charge in [0.15, 0.2) is 5.76 Å². The van der Waals surface area contributed by atoms with Crippen LogP contribution in [-0.4, -0.2) is 56.6 Å². The van der Waals surface area contributed by atoms with Crippen molar-refractivity contribution < 1.29 is 22.4 Å². The van der Waals surface area contributed by atoms with E-state index in [4.69, 9.17) is 16.0 Å². The molecule has 1 aromatic heterocycles. The smallest absolute Gasteiger partial charge is 0.291 e. The van der Waals surface area contributed by atoms with E-state index in [0.717, 1.165) is 12.8 Å². The number of halogens is 1. The normalized spacial score (nSPS) is 14.8. The number of benzene rings is 1. The van der Waals surface area contributed by atoms with Gasteiger partial charge in [-0.15, -0.1) is 0 Å². The van der Waals surface area contributed by atoms with Crippen LogP contribution in [0.2, 0.25) is 5.02 Å². The molecule has 3 rings (SSSR count). The molecule has 29 heavy (non-hydrogen) atoms. The fourth-order valence-electron chi connectivity index (χ4n) is 3.10. The van der Waals surface area contributed by atoms with Gasteiger partial charge >= 0.3 is 0 Å². The molecule has 0 radical (unpaired) electrons. The summed E-state index contributed by atoms with van der Waals surface area (Å²) >= 11 is 6.15. The van der Waals surface area contributed by atoms with Crippen molar-refractivity contribution in [2.75, 3.05) is 32.5 Å². The van der Waals surface area contributed by atoms with Crippen molar-refractivity contribution in [2.45, 2.75) is 24.7 Å². The quantitative estimate of drug-likeness (QED) is 0.771. The number of amides is 2. The number of nitrogens with one attached hydrogen (secondary N) is 1. The van der Waals surface area contributed by atoms with E-state index in [9.17, 15) is 18.0 Å². The van der Waals surface area contributed by atoms with Crippen molar-refractivity contribution in [1.82, 2.24) is 9.21 Å². The average Bonchev–Trinajstić information content (AvgIpc) is 3.31. The van der Waals surface area contributed by atoms with Crippen LogP contribution in [0.5, 0.6) is 0 Å². The topological polar surface area (TPSA) is 99.9 Å². The molecule has 1 N–H and O–H groups in total. The number of nitrogens with zero attached hydrogens (tertiary/aromatic N) is 2. The molecule has 0 bridgehead atoms. The van der Waals surface area contributed by atoms with Crippen LogP contribution in [0.25, 0.3) is 0 Å². The summed E-state index contributed by atoms with van der Waals surface area (Å²) in [5.74, 6) is -0.832. The van der Waals surface area contributed by atoms with Gasteiger partial charge in [0.1, 0.15) is 10.7 Å². The second-order valence-electron chi connectivity index (χ2n) is 6.99. The largest absolute Gasteiger partial charge is 0.455 e. The molecule has 0 atom stereocenters. The molecule has 2 amide bonds. The van der Waals surface area contributed by atoms with Crippen molar-refractivity contribution >= 4 is 39.1 Å². The molecule has 8 nitrogen and oxygen atoms in total. The summed E-state index contributed by atoms with van der Waals surface area (Å²) < 4.78 is 32.3. The second-order valence-corrected chi connectivity index (χ2v) is 9.30. The Kier molecular flexibility index (Phi) is 6.02. The standard InChI is InChI=1S/C19H22ClN3O5S/c1-12-17(29(26,27)23-8-4-5-9-23)11-16(28-12)18(24)21-13-6-7-14(15(20)10-13)19(25)22(2)3/h6-7,10-11H,4-5,8-9H2,1-3H3,(H,21,24). The molecule has 10 heteroatoms. The molecule has 2 heterocycles. The second kappa shape index (κ2) is 8.17. The summed E-state index contributed by atoms with van der Waals surface area (Å²) in [6.07, 6.45) is 1.63. The number of carbonyl (C=O) groups is 2. The van der Waals surface area contributed by atoms with Gasteiger partial charge in [-0.1, -0.05) is 11.6 Å². The molecular formula is C19H22ClN3O5S. The van der Waals surface area contributed by atoms with Crippen molar-refractivity contribution in [1.29, 1.82) is 0 Å². The maximum Gasteiger partial charge on any atom is 0.291 e. The zero-order chi connectivity index (χ0) is 21.3. The highest BCUT2D eigenvalue weighted by Crippen LogP contribution is 2.27. The average molecular weight is 440 g/mol. The maximum absolute atomic E-state index is 12.7. The minimum Gasteiger partial charge on any atom is -0.455 e. The summed E-state index contributed by atoms with van der Waals surface area (Å²) in [4.78, 5) is 26.0. The van der Waals surface area contributed by atoms with Crippen LogP contribution in [0.4, 0.5) is 5.69 Å². The zero-order valence-electron chi connectivity index (χ0n) is 16.4. The Morgan fingerprint density at radius 3 is 2.41 bits per heavy atom. The van der Waals surface area contributed by atoms with Gasteiger partial charge in [0.2, 0.25) is 10.0 Å². The van der Waals surface area contributed by atoms with E-state index < -0.39 is 15.9 Å². The first-order chi connectivity index (χ1) is 13.6. The highest BCUT2D eigenvalue weighted by Gasteiger charge is 2.31. The van der Waals surface area contributed by atoms with Crippen molar-refractivity contribution in [3.63, 3.8) is 0 Å². The number of aryl methyl sites for hydroxylation is 1. The summed E-state index contributed by atoms with van der Waals surface area (Å²) in [6.45, 7) is 2.44. The number of hydrogen-bond acceptors (Lipinski definition) is 5. The summed E-state index contributed by atoms with van der Waals surface area (Å²) in [5, 5.41) is 2.79. The van der Waals surface area contributed by atoms with E-state index in [1.165, 1.54) is 40.4 Å². The van der Waals surface area contributed by atoms with Gasteiger partial charge in [0.25, 0.3) is 11.8 Å². The SMILES string of the molecule is Cc1oc(C(=O)Nc2ccc(C(=O)N(C)C)c(Cl)c2)cc1S(=O)(=O)N1CCCC1. The zero-order valence-corrected chi connectivity index (χ0v) is 17.9. The van der Waals surface area contributed by atoms with Crippen LogP contribution >= 0.6 is 11.6 Å². The molecule has 2 aromatic rings. The van der Waals surface area contributed by atoms with Crippen LogP contribution in [0.1, 0.15) is 39.5 Å². The molecular weight excluding hydrogens is 418 g/mol. The van der Waals surface area contributed by atoms with Crippen LogP contribution in [0, 0.1) is 6.92 Å². The molecule has 0 saturated carbocycles. The van der Waals surface area contributed by atoms with Gasteiger partial charge in [-0.3, -0.25) is 9.59 Å². The minimum absolute atomic E-state index is 0.00508. The molecule has 0 unspecified atom stereocenters. The van der Waals surface area contributed by atoms with Gasteiger partial charge in [0.05, 0.1) is 10.6 Å². The van der Waals surface area contributed by atoms with Crippen molar-refractivity contribution in [2.24, 2.45) is 0 Å². The van der Waals surface area contributed by atoms with Gasteiger partial charge in [-0.2, -0.15) is 4.31 Å². The lowest BCUT2D eigenvalue weighted by Crippen LogP contribution is -2.28. The lowest BCUT2D eigenvalue weighted by atomic mass is 10.2. The third-order valence-electron chi connectivity index (χ3n) is 4.64.